The molecule has 1 rings (SSSR count). The van der Waals surface area contributed by atoms with Crippen LogP contribution in [-0.2, 0) is 4.79 Å². The van der Waals surface area contributed by atoms with Crippen LogP contribution >= 0.6 is 0 Å². The summed E-state index contributed by atoms with van der Waals surface area (Å²) in [5.41, 5.74) is 0.142. The van der Waals surface area contributed by atoms with Gasteiger partial charge in [0.25, 0.3) is 0 Å². The van der Waals surface area contributed by atoms with Gasteiger partial charge in [-0.15, -0.1) is 0 Å². The second-order valence-corrected chi connectivity index (χ2v) is 5.20. The topological polar surface area (TPSA) is 37.3 Å². The molecule has 2 atom stereocenters. The zero-order chi connectivity index (χ0) is 10.1. The van der Waals surface area contributed by atoms with E-state index in [1.54, 1.807) is 0 Å². The number of hydrogen-bond acceptors (Lipinski definition) is 1. The van der Waals surface area contributed by atoms with E-state index in [9.17, 15) is 4.79 Å². The average molecular weight is 184 g/mol. The van der Waals surface area contributed by atoms with Gasteiger partial charge in [-0.25, -0.2) is 0 Å². The highest BCUT2D eigenvalue weighted by molar-refractivity contribution is 5.70. The number of carboxylic acid groups (broad SMARTS) is 1. The zero-order valence-electron chi connectivity index (χ0n) is 8.84. The van der Waals surface area contributed by atoms with Crippen molar-refractivity contribution in [1.29, 1.82) is 0 Å². The molecule has 1 aliphatic carbocycles. The molecule has 1 saturated carbocycles. The Morgan fingerprint density at radius 1 is 1.23 bits per heavy atom. The van der Waals surface area contributed by atoms with Crippen molar-refractivity contribution in [2.75, 3.05) is 0 Å². The van der Waals surface area contributed by atoms with Crippen LogP contribution in [0.2, 0.25) is 0 Å². The molecule has 1 aliphatic rings. The third-order valence-electron chi connectivity index (χ3n) is 3.20. The van der Waals surface area contributed by atoms with Gasteiger partial charge in [-0.2, -0.15) is 0 Å². The number of rotatable bonds is 1. The minimum absolute atomic E-state index is 0.103. The second-order valence-electron chi connectivity index (χ2n) is 5.20. The van der Waals surface area contributed by atoms with Crippen molar-refractivity contribution < 1.29 is 9.90 Å². The maximum absolute atomic E-state index is 11.0. The highest BCUT2D eigenvalue weighted by Gasteiger charge is 2.37. The number of hydrogen-bond donors (Lipinski definition) is 1. The Hall–Kier alpha value is -0.530. The summed E-state index contributed by atoms with van der Waals surface area (Å²) in [6.45, 7) is 6.46. The molecule has 1 N–H and O–H groups in total. The quantitative estimate of drug-likeness (QED) is 0.680. The standard InChI is InChI=1S/C11H20O2/c1-11(2,3)9-7-5-4-6-8(9)10(12)13/h8-9H,4-7H2,1-3H3,(H,12,13)/t8-,9?/m0/s1. The summed E-state index contributed by atoms with van der Waals surface area (Å²) in [6, 6.07) is 0. The molecule has 0 aliphatic heterocycles. The molecule has 13 heavy (non-hydrogen) atoms. The molecule has 0 aromatic heterocycles. The van der Waals surface area contributed by atoms with Crippen molar-refractivity contribution in [1.82, 2.24) is 0 Å². The fraction of sp³-hybridized carbons (Fsp3) is 0.909. The lowest BCUT2D eigenvalue weighted by atomic mass is 9.66. The van der Waals surface area contributed by atoms with E-state index in [1.807, 2.05) is 0 Å². The van der Waals surface area contributed by atoms with E-state index in [4.69, 9.17) is 5.11 Å². The highest BCUT2D eigenvalue weighted by atomic mass is 16.4. The van der Waals surface area contributed by atoms with Crippen molar-refractivity contribution >= 4 is 5.97 Å². The lowest BCUT2D eigenvalue weighted by Gasteiger charge is -2.38. The predicted molar refractivity (Wildman–Crippen MR) is 52.5 cm³/mol. The molecular weight excluding hydrogens is 164 g/mol. The fourth-order valence-corrected chi connectivity index (χ4v) is 2.46. The van der Waals surface area contributed by atoms with E-state index in [0.717, 1.165) is 19.3 Å². The number of carboxylic acids is 1. The number of aliphatic carboxylic acids is 1. The van der Waals surface area contributed by atoms with E-state index >= 15 is 0 Å². The first-order valence-corrected chi connectivity index (χ1v) is 5.15. The summed E-state index contributed by atoms with van der Waals surface area (Å²) in [7, 11) is 0. The maximum atomic E-state index is 11.0. The third-order valence-corrected chi connectivity index (χ3v) is 3.20. The summed E-state index contributed by atoms with van der Waals surface area (Å²) < 4.78 is 0. The molecule has 1 fully saturated rings. The van der Waals surface area contributed by atoms with Gasteiger partial charge >= 0.3 is 5.97 Å². The lowest BCUT2D eigenvalue weighted by molar-refractivity contribution is -0.147. The normalized spacial score (nSPS) is 30.1. The largest absolute Gasteiger partial charge is 0.481 e. The molecule has 0 heterocycles. The molecule has 0 aromatic carbocycles. The Labute approximate surface area is 80.3 Å². The van der Waals surface area contributed by atoms with Crippen LogP contribution < -0.4 is 0 Å². The number of carbonyl (C=O) groups is 1. The third kappa shape index (κ3) is 2.45. The van der Waals surface area contributed by atoms with Crippen LogP contribution in [0.4, 0.5) is 0 Å². The van der Waals surface area contributed by atoms with Gasteiger partial charge in [0.1, 0.15) is 0 Å². The van der Waals surface area contributed by atoms with Gasteiger partial charge in [-0.1, -0.05) is 33.6 Å². The molecule has 0 aromatic rings. The first-order valence-electron chi connectivity index (χ1n) is 5.15. The van der Waals surface area contributed by atoms with E-state index in [0.29, 0.717) is 5.92 Å². The van der Waals surface area contributed by atoms with E-state index < -0.39 is 5.97 Å². The summed E-state index contributed by atoms with van der Waals surface area (Å²) in [5.74, 6) is -0.341. The SMILES string of the molecule is CC(C)(C)C1CCCC[C@@H]1C(=O)O. The fourth-order valence-electron chi connectivity index (χ4n) is 2.46. The van der Waals surface area contributed by atoms with Crippen molar-refractivity contribution in [3.63, 3.8) is 0 Å². The van der Waals surface area contributed by atoms with Gasteiger partial charge in [0.05, 0.1) is 5.92 Å². The van der Waals surface area contributed by atoms with Crippen LogP contribution in [-0.4, -0.2) is 11.1 Å². The molecule has 0 bridgehead atoms. The van der Waals surface area contributed by atoms with Crippen LogP contribution in [0.5, 0.6) is 0 Å². The Morgan fingerprint density at radius 3 is 2.15 bits per heavy atom. The molecule has 76 valence electrons. The van der Waals surface area contributed by atoms with Gasteiger partial charge in [0.15, 0.2) is 0 Å². The summed E-state index contributed by atoms with van der Waals surface area (Å²) >= 11 is 0. The van der Waals surface area contributed by atoms with Crippen molar-refractivity contribution in [3.8, 4) is 0 Å². The molecule has 0 radical (unpaired) electrons. The molecule has 0 spiro atoms. The molecule has 0 saturated heterocycles. The van der Waals surface area contributed by atoms with E-state index in [-0.39, 0.29) is 11.3 Å². The van der Waals surface area contributed by atoms with Gasteiger partial charge < -0.3 is 5.11 Å². The van der Waals surface area contributed by atoms with Gasteiger partial charge in [0.2, 0.25) is 0 Å². The minimum Gasteiger partial charge on any atom is -0.481 e. The van der Waals surface area contributed by atoms with Crippen LogP contribution in [0.15, 0.2) is 0 Å². The van der Waals surface area contributed by atoms with Gasteiger partial charge in [-0.05, 0) is 24.2 Å². The molecule has 1 unspecified atom stereocenters. The monoisotopic (exact) mass is 184 g/mol. The minimum atomic E-state index is -0.598. The zero-order valence-corrected chi connectivity index (χ0v) is 8.84. The lowest BCUT2D eigenvalue weighted by Crippen LogP contribution is -2.35. The Bertz CT molecular complexity index is 191. The van der Waals surface area contributed by atoms with Crippen LogP contribution in [0.3, 0.4) is 0 Å². The summed E-state index contributed by atoms with van der Waals surface area (Å²) in [5, 5.41) is 9.07. The second kappa shape index (κ2) is 3.69. The smallest absolute Gasteiger partial charge is 0.306 e. The Kier molecular flexibility index (Phi) is 2.99. The highest BCUT2D eigenvalue weighted by Crippen LogP contribution is 2.41. The van der Waals surface area contributed by atoms with Crippen molar-refractivity contribution in [3.05, 3.63) is 0 Å². The molecule has 0 amide bonds. The van der Waals surface area contributed by atoms with Gasteiger partial charge in [0, 0.05) is 0 Å². The maximum Gasteiger partial charge on any atom is 0.306 e. The van der Waals surface area contributed by atoms with Crippen molar-refractivity contribution in [2.24, 2.45) is 17.3 Å². The van der Waals surface area contributed by atoms with E-state index in [2.05, 4.69) is 20.8 Å². The average Bonchev–Trinajstić information content (AvgIpc) is 2.03. The molecular formula is C11H20O2. The predicted octanol–water partition coefficient (Wildman–Crippen LogP) is 2.92. The molecule has 2 heteroatoms. The van der Waals surface area contributed by atoms with E-state index in [1.165, 1.54) is 6.42 Å². The Balaban J connectivity index is 2.73. The van der Waals surface area contributed by atoms with Crippen LogP contribution in [0.1, 0.15) is 46.5 Å². The summed E-state index contributed by atoms with van der Waals surface area (Å²) in [4.78, 5) is 11.0. The van der Waals surface area contributed by atoms with Crippen LogP contribution in [0, 0.1) is 17.3 Å². The van der Waals surface area contributed by atoms with Crippen LogP contribution in [0.25, 0.3) is 0 Å². The first-order chi connectivity index (χ1) is 5.93. The Morgan fingerprint density at radius 2 is 1.77 bits per heavy atom. The molecule has 2 nitrogen and oxygen atoms in total. The van der Waals surface area contributed by atoms with Gasteiger partial charge in [-0.3, -0.25) is 4.79 Å². The first kappa shape index (κ1) is 10.6. The van der Waals surface area contributed by atoms with Crippen molar-refractivity contribution in [2.45, 2.75) is 46.5 Å². The summed E-state index contributed by atoms with van der Waals surface area (Å²) in [6.07, 6.45) is 4.24.